The zero-order chi connectivity index (χ0) is 40.7. The summed E-state index contributed by atoms with van der Waals surface area (Å²) in [5.74, 6) is -5.90. The van der Waals surface area contributed by atoms with Crippen LogP contribution in [0.5, 0.6) is 11.5 Å². The van der Waals surface area contributed by atoms with E-state index in [2.05, 4.69) is 25.9 Å². The number of thioether (sulfide) groups is 1. The number of carbonyl (C=O) groups is 5. The topological polar surface area (TPSA) is 266 Å². The first-order valence-corrected chi connectivity index (χ1v) is 19.6. The first kappa shape index (κ1) is 40.1. The number of benzene rings is 1. The fraction of sp³-hybridized carbons (Fsp3) is 0.457. The number of amides is 3. The van der Waals surface area contributed by atoms with Crippen LogP contribution in [0.25, 0.3) is 10.9 Å². The van der Waals surface area contributed by atoms with Gasteiger partial charge in [0.25, 0.3) is 17.7 Å². The van der Waals surface area contributed by atoms with Gasteiger partial charge in [-0.15, -0.1) is 23.1 Å². The molecule has 21 heteroatoms. The summed E-state index contributed by atoms with van der Waals surface area (Å²) in [7, 11) is 0. The van der Waals surface area contributed by atoms with Crippen molar-refractivity contribution in [3.8, 4) is 11.5 Å². The highest BCUT2D eigenvalue weighted by molar-refractivity contribution is 8.00. The van der Waals surface area contributed by atoms with E-state index in [-0.39, 0.29) is 59.1 Å². The van der Waals surface area contributed by atoms with Gasteiger partial charge in [0.2, 0.25) is 11.0 Å². The molecular formula is C35H40N8O11S2. The van der Waals surface area contributed by atoms with Crippen LogP contribution in [0.1, 0.15) is 54.8 Å². The van der Waals surface area contributed by atoms with Gasteiger partial charge >= 0.3 is 5.97 Å². The third-order valence-electron chi connectivity index (χ3n) is 9.96. The number of carboxylic acids is 2. The Labute approximate surface area is 327 Å². The molecule has 3 aliphatic rings. The normalized spacial score (nSPS) is 19.4. The maximum absolute atomic E-state index is 13.5. The van der Waals surface area contributed by atoms with Gasteiger partial charge in [0.1, 0.15) is 23.7 Å². The molecule has 5 N–H and O–H groups in total. The van der Waals surface area contributed by atoms with E-state index < -0.39 is 63.6 Å². The van der Waals surface area contributed by atoms with Gasteiger partial charge in [-0.25, -0.2) is 9.78 Å². The van der Waals surface area contributed by atoms with Crippen LogP contribution in [-0.2, 0) is 30.6 Å². The summed E-state index contributed by atoms with van der Waals surface area (Å²) in [5.41, 5.74) is -2.69. The van der Waals surface area contributed by atoms with Gasteiger partial charge in [0.05, 0.1) is 53.8 Å². The molecule has 56 heavy (non-hydrogen) atoms. The summed E-state index contributed by atoms with van der Waals surface area (Å²) >= 11 is 2.48. The quantitative estimate of drug-likeness (QED) is 0.0457. The van der Waals surface area contributed by atoms with Gasteiger partial charge in [-0.2, -0.15) is 5.10 Å². The van der Waals surface area contributed by atoms with Crippen molar-refractivity contribution in [3.05, 3.63) is 55.4 Å². The Bertz CT molecular complexity index is 2260. The van der Waals surface area contributed by atoms with Gasteiger partial charge in [0.15, 0.2) is 22.9 Å². The second-order valence-corrected chi connectivity index (χ2v) is 16.4. The Morgan fingerprint density at radius 1 is 1.14 bits per heavy atom. The summed E-state index contributed by atoms with van der Waals surface area (Å²) in [6.45, 7) is 8.27. The van der Waals surface area contributed by atoms with Gasteiger partial charge in [-0.05, 0) is 33.8 Å². The lowest BCUT2D eigenvalue weighted by atomic mass is 10.0. The number of thiazole rings is 1. The number of hydrogen-bond donors (Lipinski definition) is 5. The highest BCUT2D eigenvalue weighted by atomic mass is 32.2. The smallest absolute Gasteiger partial charge is 0.350 e. The molecule has 0 unspecified atom stereocenters. The highest BCUT2D eigenvalue weighted by Gasteiger charge is 2.54. The molecule has 0 saturated carbocycles. The lowest BCUT2D eigenvalue weighted by Crippen LogP contribution is -2.72. The Morgan fingerprint density at radius 2 is 1.84 bits per heavy atom. The van der Waals surface area contributed by atoms with Crippen LogP contribution in [0.4, 0.5) is 0 Å². The zero-order valence-electron chi connectivity index (χ0n) is 30.9. The van der Waals surface area contributed by atoms with E-state index in [4.69, 9.17) is 4.84 Å². The van der Waals surface area contributed by atoms with E-state index >= 15 is 0 Å². The van der Waals surface area contributed by atoms with Crippen LogP contribution in [0.15, 0.2) is 38.7 Å². The fourth-order valence-electron chi connectivity index (χ4n) is 6.94. The van der Waals surface area contributed by atoms with Gasteiger partial charge < -0.3 is 45.2 Å². The van der Waals surface area contributed by atoms with Crippen molar-refractivity contribution in [2.24, 2.45) is 5.16 Å². The third-order valence-corrected chi connectivity index (χ3v) is 12.1. The number of carboxylic acid groups (broad SMARTS) is 2. The number of rotatable bonds is 14. The van der Waals surface area contributed by atoms with Gasteiger partial charge in [0, 0.05) is 42.2 Å². The van der Waals surface area contributed by atoms with E-state index in [1.807, 2.05) is 0 Å². The van der Waals surface area contributed by atoms with Gasteiger partial charge in [-0.3, -0.25) is 28.8 Å². The molecule has 0 aliphatic carbocycles. The van der Waals surface area contributed by atoms with Crippen LogP contribution in [-0.4, -0.2) is 130 Å². The molecule has 2 saturated heterocycles. The minimum absolute atomic E-state index is 0.0134. The lowest BCUT2D eigenvalue weighted by molar-refractivity contribution is -0.911. The Hall–Kier alpha value is -5.54. The summed E-state index contributed by atoms with van der Waals surface area (Å²) < 4.78 is 1.77. The molecule has 0 radical (unpaired) electrons. The third kappa shape index (κ3) is 7.65. The summed E-state index contributed by atoms with van der Waals surface area (Å²) in [5, 5.41) is 56.7. The van der Waals surface area contributed by atoms with Crippen LogP contribution in [0, 0.1) is 6.92 Å². The monoisotopic (exact) mass is 812 g/mol. The number of phenolic OH excluding ortho intramolecular Hbond substituents is 2. The van der Waals surface area contributed by atoms with Crippen molar-refractivity contribution in [1.29, 1.82) is 0 Å². The predicted molar refractivity (Wildman–Crippen MR) is 200 cm³/mol. The number of phenols is 2. The van der Waals surface area contributed by atoms with E-state index in [1.54, 1.807) is 13.8 Å². The maximum atomic E-state index is 13.5. The van der Waals surface area contributed by atoms with E-state index in [0.717, 1.165) is 23.8 Å². The van der Waals surface area contributed by atoms with Crippen molar-refractivity contribution in [3.63, 3.8) is 0 Å². The van der Waals surface area contributed by atoms with Crippen molar-refractivity contribution in [2.45, 2.75) is 64.1 Å². The molecule has 0 spiro atoms. The maximum Gasteiger partial charge on any atom is 0.350 e. The Balaban J connectivity index is 1.16. The van der Waals surface area contributed by atoms with E-state index in [9.17, 15) is 49.2 Å². The molecular weight excluding hydrogens is 773 g/mol. The van der Waals surface area contributed by atoms with Crippen LogP contribution < -0.4 is 21.2 Å². The number of aromatic nitrogens is 3. The van der Waals surface area contributed by atoms with Crippen LogP contribution in [0.2, 0.25) is 0 Å². The standard InChI is InChI=1S/C35H40N8O11S2/c1-5-41-21-13-23(45)22(44)12-19(21)28(46)25(39-41)29(47)36-8-11-43(9-6-7-10-43)14-18-15-56-32-26(31(49)42(32)27(18)33(50)51)38-30(48)24(20-16-55-17(2)37-20)40-54-35(3,4)34(52)53/h12-13,16,26,32H,5-11,14-15H2,1-4H3,(H5-,36,38,39,40,44,45,46,47,48,50,51,52,53)/t26-,32-/m1/s1. The zero-order valence-corrected chi connectivity index (χ0v) is 32.5. The van der Waals surface area contributed by atoms with Crippen molar-refractivity contribution < 1.29 is 53.7 Å². The average Bonchev–Trinajstić information content (AvgIpc) is 3.80. The molecule has 19 nitrogen and oxygen atoms in total. The highest BCUT2D eigenvalue weighted by Crippen LogP contribution is 2.41. The summed E-state index contributed by atoms with van der Waals surface area (Å²) in [4.78, 5) is 88.3. The van der Waals surface area contributed by atoms with Crippen molar-refractivity contribution in [2.75, 3.05) is 38.5 Å². The first-order chi connectivity index (χ1) is 26.5. The number of fused-ring (bicyclic) bond motifs is 2. The Kier molecular flexibility index (Phi) is 11.1. The number of nitrogens with zero attached hydrogens (tertiary/aromatic N) is 6. The number of aromatic hydroxyl groups is 2. The number of β-lactam (4-membered cyclic amide) rings is 1. The molecule has 298 valence electrons. The van der Waals surface area contributed by atoms with Crippen molar-refractivity contribution >= 4 is 69.4 Å². The molecule has 0 bridgehead atoms. The minimum Gasteiger partial charge on any atom is -0.543 e. The predicted octanol–water partition coefficient (Wildman–Crippen LogP) is -0.379. The number of oxime groups is 1. The van der Waals surface area contributed by atoms with Crippen molar-refractivity contribution in [1.82, 2.24) is 30.3 Å². The lowest BCUT2D eigenvalue weighted by Gasteiger charge is -2.51. The SMILES string of the molecule is CCn1nc(C(=O)NCC[N+]2(CC3=C(C(=O)[O-])N4C(=O)[C@@H](NC(=O)/C(=N\OC(C)(C)C(=O)O)c5csc(C)n5)[C@H]4SC3)CCCC2)c(=O)c2cc(O)c(O)cc21. The largest absolute Gasteiger partial charge is 0.543 e. The number of hydrogen-bond acceptors (Lipinski definition) is 15. The van der Waals surface area contributed by atoms with Gasteiger partial charge in [-0.1, -0.05) is 5.16 Å². The fourth-order valence-corrected chi connectivity index (χ4v) is 8.87. The average molecular weight is 813 g/mol. The number of quaternary nitrogens is 1. The number of aryl methyl sites for hydroxylation is 2. The molecule has 3 aliphatic heterocycles. The minimum atomic E-state index is -1.78. The second-order valence-electron chi connectivity index (χ2n) is 14.2. The molecule has 2 atom stereocenters. The number of carbonyl (C=O) groups excluding carboxylic acids is 4. The first-order valence-electron chi connectivity index (χ1n) is 17.7. The molecule has 3 amide bonds. The van der Waals surface area contributed by atoms with E-state index in [0.29, 0.717) is 34.7 Å². The number of likely N-dealkylation sites (tertiary alicyclic amines) is 1. The summed E-state index contributed by atoms with van der Waals surface area (Å²) in [6.07, 6.45) is 1.68. The number of nitrogens with one attached hydrogen (secondary N) is 2. The number of aliphatic carboxylic acids is 2. The van der Waals surface area contributed by atoms with E-state index in [1.165, 1.54) is 53.1 Å². The summed E-state index contributed by atoms with van der Waals surface area (Å²) in [6, 6.07) is 1.16. The molecule has 5 heterocycles. The molecule has 6 rings (SSSR count). The van der Waals surface area contributed by atoms with Crippen LogP contribution >= 0.6 is 23.1 Å². The second kappa shape index (κ2) is 15.5. The van der Waals surface area contributed by atoms with Crippen LogP contribution in [0.3, 0.4) is 0 Å². The molecule has 1 aromatic carbocycles. The Morgan fingerprint density at radius 3 is 2.46 bits per heavy atom. The molecule has 2 fully saturated rings. The molecule has 2 aromatic heterocycles. The molecule has 3 aromatic rings.